The minimum absolute atomic E-state index is 0.0178. The monoisotopic (exact) mass is 448 g/mol. The minimum atomic E-state index is -1.44. The van der Waals surface area contributed by atoms with E-state index >= 15 is 4.39 Å². The lowest BCUT2D eigenvalue weighted by Crippen LogP contribution is -2.52. The van der Waals surface area contributed by atoms with Crippen LogP contribution >= 0.6 is 0 Å². The zero-order chi connectivity index (χ0) is 22.8. The molecule has 2 saturated heterocycles. The summed E-state index contributed by atoms with van der Waals surface area (Å²) in [4.78, 5) is 17.2. The summed E-state index contributed by atoms with van der Waals surface area (Å²) in [5.74, 6) is 0.0725. The summed E-state index contributed by atoms with van der Waals surface area (Å²) in [7, 11) is 0. The molecule has 178 valence electrons. The van der Waals surface area contributed by atoms with E-state index in [0.717, 1.165) is 51.7 Å². The lowest BCUT2D eigenvalue weighted by molar-refractivity contribution is -0.122. The Labute approximate surface area is 191 Å². The molecule has 1 aromatic carbocycles. The van der Waals surface area contributed by atoms with Crippen molar-refractivity contribution >= 4 is 11.6 Å². The second-order valence-corrected chi connectivity index (χ2v) is 10.8. The Morgan fingerprint density at radius 3 is 2.56 bits per heavy atom. The Bertz CT molecular complexity index is 786. The molecule has 2 heterocycles. The number of anilines is 1. The number of likely N-dealkylation sites (tertiary alicyclic amines) is 1. The Balaban J connectivity index is 1.39. The van der Waals surface area contributed by atoms with Gasteiger partial charge in [0.2, 0.25) is 5.91 Å². The molecule has 1 saturated carbocycles. The van der Waals surface area contributed by atoms with Gasteiger partial charge in [0.1, 0.15) is 11.5 Å². The van der Waals surface area contributed by atoms with Crippen LogP contribution in [0.4, 0.5) is 14.5 Å². The van der Waals surface area contributed by atoms with Crippen molar-refractivity contribution in [2.24, 2.45) is 11.8 Å². The highest BCUT2D eigenvalue weighted by atomic mass is 19.1. The van der Waals surface area contributed by atoms with Crippen LogP contribution in [0.15, 0.2) is 24.3 Å². The van der Waals surface area contributed by atoms with Crippen LogP contribution in [0.25, 0.3) is 0 Å². The number of benzene rings is 1. The number of hydrogen-bond acceptors (Lipinski definition) is 3. The molecular weight excluding hydrogens is 410 g/mol. The van der Waals surface area contributed by atoms with Gasteiger partial charge in [0.05, 0.1) is 12.1 Å². The molecule has 4 rings (SSSR count). The van der Waals surface area contributed by atoms with E-state index in [2.05, 4.69) is 18.7 Å². The highest BCUT2D eigenvalue weighted by Gasteiger charge is 2.40. The third-order valence-electron chi connectivity index (χ3n) is 7.60. The maximum Gasteiger partial charge on any atom is 0.230 e. The first-order chi connectivity index (χ1) is 15.2. The van der Waals surface area contributed by atoms with Gasteiger partial charge in [-0.05, 0) is 76.5 Å². The molecule has 0 N–H and O–H groups in total. The number of piperidine rings is 1. The van der Waals surface area contributed by atoms with Gasteiger partial charge in [-0.25, -0.2) is 8.78 Å². The Morgan fingerprint density at radius 2 is 1.91 bits per heavy atom. The number of rotatable bonds is 6. The molecule has 1 unspecified atom stereocenters. The van der Waals surface area contributed by atoms with Crippen molar-refractivity contribution < 1.29 is 18.3 Å². The van der Waals surface area contributed by atoms with Crippen molar-refractivity contribution in [1.82, 2.24) is 4.90 Å². The molecule has 1 atom stereocenters. The lowest BCUT2D eigenvalue weighted by atomic mass is 9.86. The molecular formula is C26H38F2N2O2. The van der Waals surface area contributed by atoms with Gasteiger partial charge in [0.15, 0.2) is 0 Å². The van der Waals surface area contributed by atoms with E-state index < -0.39 is 11.5 Å². The zero-order valence-corrected chi connectivity index (χ0v) is 19.6. The van der Waals surface area contributed by atoms with Crippen LogP contribution in [0.1, 0.15) is 65.2 Å². The topological polar surface area (TPSA) is 32.8 Å². The second-order valence-electron chi connectivity index (χ2n) is 10.8. The van der Waals surface area contributed by atoms with Gasteiger partial charge in [-0.15, -0.1) is 0 Å². The second kappa shape index (κ2) is 9.76. The Hall–Kier alpha value is -1.53. The quantitative estimate of drug-likeness (QED) is 0.587. The van der Waals surface area contributed by atoms with Gasteiger partial charge in [-0.1, -0.05) is 18.9 Å². The molecule has 3 aliphatic rings. The molecule has 4 nitrogen and oxygen atoms in total. The molecule has 0 bridgehead atoms. The third-order valence-corrected chi connectivity index (χ3v) is 7.60. The molecule has 1 aromatic rings. The molecule has 6 heteroatoms. The van der Waals surface area contributed by atoms with Crippen LogP contribution in [0.3, 0.4) is 0 Å². The lowest BCUT2D eigenvalue weighted by Gasteiger charge is -2.42. The smallest absolute Gasteiger partial charge is 0.230 e. The summed E-state index contributed by atoms with van der Waals surface area (Å²) in [5, 5.41) is 0. The van der Waals surface area contributed by atoms with Crippen molar-refractivity contribution in [2.75, 3.05) is 37.7 Å². The highest BCUT2D eigenvalue weighted by molar-refractivity contribution is 5.95. The average molecular weight is 449 g/mol. The van der Waals surface area contributed by atoms with Gasteiger partial charge in [0, 0.05) is 37.8 Å². The molecule has 2 aliphatic heterocycles. The number of halogens is 2. The molecule has 0 radical (unpaired) electrons. The van der Waals surface area contributed by atoms with E-state index in [-0.39, 0.29) is 24.0 Å². The van der Waals surface area contributed by atoms with Crippen molar-refractivity contribution in [3.05, 3.63) is 30.1 Å². The van der Waals surface area contributed by atoms with Gasteiger partial charge in [-0.2, -0.15) is 0 Å². The number of hydrogen-bond donors (Lipinski definition) is 0. The predicted molar refractivity (Wildman–Crippen MR) is 123 cm³/mol. The van der Waals surface area contributed by atoms with E-state index in [1.165, 1.54) is 17.0 Å². The van der Waals surface area contributed by atoms with Crippen molar-refractivity contribution in [3.8, 4) is 0 Å². The predicted octanol–water partition coefficient (Wildman–Crippen LogP) is 5.36. The van der Waals surface area contributed by atoms with E-state index in [1.807, 2.05) is 0 Å². The largest absolute Gasteiger partial charge is 0.376 e. The van der Waals surface area contributed by atoms with Crippen LogP contribution in [0.2, 0.25) is 0 Å². The Kier molecular flexibility index (Phi) is 7.21. The summed E-state index contributed by atoms with van der Waals surface area (Å²) in [6, 6.07) is 6.05. The number of carbonyl (C=O) groups excluding carboxylic acids is 1. The van der Waals surface area contributed by atoms with Gasteiger partial charge < -0.3 is 14.5 Å². The summed E-state index contributed by atoms with van der Waals surface area (Å²) in [6.45, 7) is 7.48. The van der Waals surface area contributed by atoms with E-state index in [4.69, 9.17) is 4.74 Å². The van der Waals surface area contributed by atoms with E-state index in [0.29, 0.717) is 37.5 Å². The fourth-order valence-electron chi connectivity index (χ4n) is 5.79. The highest BCUT2D eigenvalue weighted by Crippen LogP contribution is 2.35. The first-order valence-electron chi connectivity index (χ1n) is 12.4. The number of carbonyl (C=O) groups is 1. The normalized spacial score (nSPS) is 26.2. The van der Waals surface area contributed by atoms with Crippen LogP contribution in [0.5, 0.6) is 0 Å². The van der Waals surface area contributed by atoms with Crippen LogP contribution in [0, 0.1) is 17.7 Å². The summed E-state index contributed by atoms with van der Waals surface area (Å²) in [5.41, 5.74) is -1.04. The third kappa shape index (κ3) is 5.88. The summed E-state index contributed by atoms with van der Waals surface area (Å²) < 4.78 is 35.8. The fraction of sp³-hybridized carbons (Fsp3) is 0.731. The van der Waals surface area contributed by atoms with Crippen molar-refractivity contribution in [1.29, 1.82) is 0 Å². The first kappa shape index (κ1) is 23.6. The number of alkyl halides is 1. The molecule has 0 spiro atoms. The summed E-state index contributed by atoms with van der Waals surface area (Å²) in [6.07, 6.45) is 6.67. The number of ether oxygens (including phenoxy) is 1. The zero-order valence-electron chi connectivity index (χ0n) is 19.6. The molecule has 32 heavy (non-hydrogen) atoms. The minimum Gasteiger partial charge on any atom is -0.376 e. The molecule has 1 aliphatic carbocycles. The maximum absolute atomic E-state index is 16.0. The number of nitrogens with zero attached hydrogens (tertiary/aromatic N) is 2. The standard InChI is InChI=1S/C26H38F2N2O2/c1-25(2)17-20(10-15-32-25)18-29-13-11-26(28,12-14-29)19-30(23-9-5-8-22(27)16-23)24(31)21-6-3-4-7-21/h5,8-9,16,20-21H,3-4,6-7,10-15,17-19H2,1-2H3. The van der Waals surface area contributed by atoms with E-state index in [1.54, 1.807) is 12.1 Å². The van der Waals surface area contributed by atoms with Crippen LogP contribution < -0.4 is 4.90 Å². The first-order valence-corrected chi connectivity index (χ1v) is 12.4. The van der Waals surface area contributed by atoms with Gasteiger partial charge >= 0.3 is 0 Å². The van der Waals surface area contributed by atoms with E-state index in [9.17, 15) is 9.18 Å². The van der Waals surface area contributed by atoms with Gasteiger partial charge in [0.25, 0.3) is 0 Å². The van der Waals surface area contributed by atoms with Gasteiger partial charge in [-0.3, -0.25) is 4.79 Å². The van der Waals surface area contributed by atoms with Crippen LogP contribution in [-0.4, -0.2) is 54.9 Å². The Morgan fingerprint density at radius 1 is 1.19 bits per heavy atom. The van der Waals surface area contributed by atoms with Crippen LogP contribution in [-0.2, 0) is 9.53 Å². The maximum atomic E-state index is 16.0. The number of amides is 1. The SMILES string of the molecule is CC1(C)CC(CN2CCC(F)(CN(C(=O)C3CCCC3)c3cccc(F)c3)CC2)CCO1. The molecule has 3 fully saturated rings. The average Bonchev–Trinajstić information content (AvgIpc) is 3.28. The van der Waals surface area contributed by atoms with Crippen molar-refractivity contribution in [3.63, 3.8) is 0 Å². The van der Waals surface area contributed by atoms with Crippen molar-refractivity contribution in [2.45, 2.75) is 76.5 Å². The fourth-order valence-corrected chi connectivity index (χ4v) is 5.79. The molecule has 1 amide bonds. The molecule has 0 aromatic heterocycles. The summed E-state index contributed by atoms with van der Waals surface area (Å²) >= 11 is 0.